The summed E-state index contributed by atoms with van der Waals surface area (Å²) in [7, 11) is -2.89. The standard InChI is InChI=1S/C15H27OSi2.2CO.Fe/c1-17(2,3)14-11-9-7-8-10-12(11)15(13(14)16)18(4,5)6;2*1-2;/h16H,7-10H2,1-6H3;;;. The van der Waals surface area contributed by atoms with Crippen LogP contribution in [0.1, 0.15) is 25.7 Å². The van der Waals surface area contributed by atoms with E-state index in [2.05, 4.69) is 52.6 Å². The van der Waals surface area contributed by atoms with Crippen molar-refractivity contribution in [3.8, 4) is 0 Å². The summed E-state index contributed by atoms with van der Waals surface area (Å²) in [6.07, 6.45) is 5.01. The molecule has 1 N–H and O–H groups in total. The first-order valence-corrected chi connectivity index (χ1v) is 14.6. The van der Waals surface area contributed by atoms with E-state index in [0.29, 0.717) is 5.76 Å². The Bertz CT molecular complexity index is 499. The average molecular weight is 391 g/mol. The van der Waals surface area contributed by atoms with Gasteiger partial charge in [-0.2, -0.15) is 0 Å². The Labute approximate surface area is 153 Å². The summed E-state index contributed by atoms with van der Waals surface area (Å²) in [6, 6.07) is 0. The van der Waals surface area contributed by atoms with Gasteiger partial charge in [-0.1, -0.05) is 51.3 Å². The zero-order chi connectivity index (χ0) is 17.7. The molecule has 23 heavy (non-hydrogen) atoms. The Kier molecular flexibility index (Phi) is 10.7. The third-order valence-electron chi connectivity index (χ3n) is 4.04. The third-order valence-corrected chi connectivity index (χ3v) is 8.12. The fourth-order valence-electron chi connectivity index (χ4n) is 3.48. The first-order chi connectivity index (χ1) is 10.1. The van der Waals surface area contributed by atoms with Crippen LogP contribution in [0.5, 0.6) is 0 Å². The van der Waals surface area contributed by atoms with Crippen molar-refractivity contribution < 1.29 is 31.5 Å². The molecule has 2 aliphatic carbocycles. The molecule has 1 saturated carbocycles. The number of hydrogen-bond donors (Lipinski definition) is 1. The number of aliphatic hydroxyl groups excluding tert-OH is 1. The van der Waals surface area contributed by atoms with Crippen LogP contribution in [-0.4, -0.2) is 21.3 Å². The topological polar surface area (TPSA) is 60.0 Å². The van der Waals surface area contributed by atoms with Crippen LogP contribution in [0.4, 0.5) is 0 Å². The average Bonchev–Trinajstić information content (AvgIpc) is 2.74. The number of aliphatic hydroxyl groups is 1. The van der Waals surface area contributed by atoms with Crippen LogP contribution < -0.4 is 0 Å². The van der Waals surface area contributed by atoms with Crippen molar-refractivity contribution in [3.05, 3.63) is 40.9 Å². The largest absolute Gasteiger partial charge is 0 e. The van der Waals surface area contributed by atoms with Crippen molar-refractivity contribution in [2.45, 2.75) is 65.0 Å². The van der Waals surface area contributed by atoms with Gasteiger partial charge >= 0.3 is 22.6 Å². The molecule has 1 fully saturated rings. The van der Waals surface area contributed by atoms with Crippen LogP contribution in [-0.2, 0) is 26.4 Å². The smallest absolute Gasteiger partial charge is 0 e. The minimum absolute atomic E-state index is 0. The van der Waals surface area contributed by atoms with Gasteiger partial charge in [0.2, 0.25) is 0 Å². The number of fused-ring (bicyclic) bond motifs is 1. The molecule has 2 rings (SSSR count). The van der Waals surface area contributed by atoms with Gasteiger partial charge in [-0.25, -0.2) is 0 Å². The minimum Gasteiger partial charge on any atom is 0 e. The normalized spacial score (nSPS) is 18.0. The summed E-state index contributed by atoms with van der Waals surface area (Å²) in [6.45, 7) is 23.2. The molecule has 2 aliphatic rings. The van der Waals surface area contributed by atoms with E-state index in [0.717, 1.165) is 0 Å². The first kappa shape index (κ1) is 25.0. The Hall–Kier alpha value is -0.287. The second-order valence-corrected chi connectivity index (χ2v) is 17.8. The predicted octanol–water partition coefficient (Wildman–Crippen LogP) is 4.93. The van der Waals surface area contributed by atoms with Gasteiger partial charge in [0.05, 0.1) is 16.1 Å². The maximum absolute atomic E-state index is 10.8. The Morgan fingerprint density at radius 2 is 1.17 bits per heavy atom. The van der Waals surface area contributed by atoms with Gasteiger partial charge in [0.25, 0.3) is 0 Å². The molecule has 0 aliphatic heterocycles. The van der Waals surface area contributed by atoms with E-state index in [9.17, 15) is 5.11 Å². The van der Waals surface area contributed by atoms with Crippen LogP contribution in [0.15, 0.2) is 21.7 Å². The van der Waals surface area contributed by atoms with Gasteiger partial charge in [-0.05, 0) is 29.7 Å². The molecular formula is C17H27FeO3Si2. The predicted molar refractivity (Wildman–Crippen MR) is 92.9 cm³/mol. The second kappa shape index (κ2) is 9.88. The molecule has 0 spiro atoms. The van der Waals surface area contributed by atoms with Crippen molar-refractivity contribution in [1.82, 2.24) is 0 Å². The zero-order valence-electron chi connectivity index (χ0n) is 14.9. The van der Waals surface area contributed by atoms with E-state index < -0.39 is 16.1 Å². The quantitative estimate of drug-likeness (QED) is 0.405. The molecule has 3 nitrogen and oxygen atoms in total. The molecule has 0 heterocycles. The van der Waals surface area contributed by atoms with Crippen molar-refractivity contribution >= 4 is 16.1 Å². The summed E-state index contributed by atoms with van der Waals surface area (Å²) >= 11 is 0. The summed E-state index contributed by atoms with van der Waals surface area (Å²) in [4.78, 5) is 0. The summed E-state index contributed by atoms with van der Waals surface area (Å²) in [5, 5.41) is 13.6. The van der Waals surface area contributed by atoms with E-state index in [-0.39, 0.29) is 17.1 Å². The molecule has 0 unspecified atom stereocenters. The maximum Gasteiger partial charge on any atom is 0 e. The minimum atomic E-state index is -1.44. The van der Waals surface area contributed by atoms with E-state index in [1.54, 1.807) is 11.5 Å². The monoisotopic (exact) mass is 391 g/mol. The van der Waals surface area contributed by atoms with E-state index in [1.165, 1.54) is 36.1 Å². The van der Waals surface area contributed by atoms with Gasteiger partial charge < -0.3 is 5.11 Å². The van der Waals surface area contributed by atoms with Crippen molar-refractivity contribution in [2.24, 2.45) is 0 Å². The fraction of sp³-hybridized carbons (Fsp3) is 0.588. The van der Waals surface area contributed by atoms with E-state index in [1.807, 2.05) is 0 Å². The second-order valence-electron chi connectivity index (χ2n) is 7.76. The molecule has 0 aromatic carbocycles. The van der Waals surface area contributed by atoms with Gasteiger partial charge in [-0.15, -0.1) is 0 Å². The zero-order valence-corrected chi connectivity index (χ0v) is 18.0. The van der Waals surface area contributed by atoms with Gasteiger partial charge in [-0.3, -0.25) is 0 Å². The summed E-state index contributed by atoms with van der Waals surface area (Å²) in [5.41, 5.74) is 1.55. The first-order valence-electron chi connectivity index (χ1n) is 7.59. The molecule has 0 bridgehead atoms. The maximum atomic E-state index is 10.8. The number of allylic oxidation sites excluding steroid dienone is 3. The van der Waals surface area contributed by atoms with Crippen LogP contribution in [0.3, 0.4) is 0 Å². The van der Waals surface area contributed by atoms with Crippen LogP contribution >= 0.6 is 0 Å². The summed E-state index contributed by atoms with van der Waals surface area (Å²) in [5.74, 6) is 2.26. The molecule has 0 amide bonds. The van der Waals surface area contributed by atoms with Crippen molar-refractivity contribution in [2.75, 3.05) is 0 Å². The van der Waals surface area contributed by atoms with Gasteiger partial charge in [0, 0.05) is 23.0 Å². The molecule has 0 aromatic rings. The van der Waals surface area contributed by atoms with Crippen LogP contribution in [0.2, 0.25) is 39.3 Å². The summed E-state index contributed by atoms with van der Waals surface area (Å²) < 4.78 is 15.0. The molecular weight excluding hydrogens is 364 g/mol. The van der Waals surface area contributed by atoms with Crippen molar-refractivity contribution in [1.29, 1.82) is 0 Å². The molecule has 1 radical (unpaired) electrons. The SMILES string of the molecule is C[Si](C)(C)C1=C(O)C([Si](C)(C)C)=C2CCCC[C]21.[C-]#[O+].[C-]#[O+].[Fe]. The van der Waals surface area contributed by atoms with Crippen LogP contribution in [0.25, 0.3) is 0 Å². The van der Waals surface area contributed by atoms with Crippen molar-refractivity contribution in [3.63, 3.8) is 0 Å². The Morgan fingerprint density at radius 3 is 1.57 bits per heavy atom. The fourth-order valence-corrected chi connectivity index (χ4v) is 7.64. The number of rotatable bonds is 2. The van der Waals surface area contributed by atoms with E-state index in [4.69, 9.17) is 9.30 Å². The molecule has 0 atom stereocenters. The van der Waals surface area contributed by atoms with E-state index >= 15 is 0 Å². The van der Waals surface area contributed by atoms with Gasteiger partial charge in [0.15, 0.2) is 0 Å². The third kappa shape index (κ3) is 5.63. The molecule has 129 valence electrons. The Morgan fingerprint density at radius 1 is 0.783 bits per heavy atom. The molecule has 0 saturated heterocycles. The molecule has 6 heteroatoms. The number of hydrogen-bond acceptors (Lipinski definition) is 1. The molecule has 0 aromatic heterocycles. The Balaban J connectivity index is 0. The van der Waals surface area contributed by atoms with Gasteiger partial charge in [0.1, 0.15) is 5.76 Å². The van der Waals surface area contributed by atoms with Crippen LogP contribution in [0, 0.1) is 19.2 Å².